The first kappa shape index (κ1) is 13.3. The molecule has 0 aromatic heterocycles. The van der Waals surface area contributed by atoms with Gasteiger partial charge >= 0.3 is 12.1 Å². The molecule has 3 nitrogen and oxygen atoms in total. The van der Waals surface area contributed by atoms with Gasteiger partial charge in [0, 0.05) is 0 Å². The van der Waals surface area contributed by atoms with Gasteiger partial charge in [-0.1, -0.05) is 0 Å². The molecule has 0 spiro atoms. The van der Waals surface area contributed by atoms with Crippen LogP contribution in [0.25, 0.3) is 0 Å². The van der Waals surface area contributed by atoms with Gasteiger partial charge in [-0.15, -0.1) is 0 Å². The first-order valence-corrected chi connectivity index (χ1v) is 4.52. The summed E-state index contributed by atoms with van der Waals surface area (Å²) in [6, 6.07) is 2.58. The first-order valence-electron chi connectivity index (χ1n) is 4.52. The maximum atomic E-state index is 12.7. The minimum atomic E-state index is -4.39. The Morgan fingerprint density at radius 1 is 1.35 bits per heavy atom. The lowest BCUT2D eigenvalue weighted by atomic mass is 10.2. The SMILES string of the molecule is O=C(O)c1cc(F)ccc1OCCC(F)(F)F. The molecule has 0 bridgehead atoms. The standard InChI is InChI=1S/C10H8F4O3/c11-6-1-2-8(7(5-6)9(15)16)17-4-3-10(12,13)14/h1-2,5H,3-4H2,(H,15,16). The smallest absolute Gasteiger partial charge is 0.392 e. The van der Waals surface area contributed by atoms with Crippen molar-refractivity contribution < 1.29 is 32.2 Å². The van der Waals surface area contributed by atoms with Crippen molar-refractivity contribution in [2.24, 2.45) is 0 Å². The molecule has 0 fully saturated rings. The van der Waals surface area contributed by atoms with E-state index in [0.29, 0.717) is 6.07 Å². The predicted octanol–water partition coefficient (Wildman–Crippen LogP) is 2.86. The highest BCUT2D eigenvalue weighted by Crippen LogP contribution is 2.23. The summed E-state index contributed by atoms with van der Waals surface area (Å²) in [7, 11) is 0. The van der Waals surface area contributed by atoms with Crippen molar-refractivity contribution in [3.05, 3.63) is 29.6 Å². The van der Waals surface area contributed by atoms with Gasteiger partial charge < -0.3 is 9.84 Å². The lowest BCUT2D eigenvalue weighted by Gasteiger charge is -2.10. The van der Waals surface area contributed by atoms with Crippen molar-refractivity contribution in [2.45, 2.75) is 12.6 Å². The zero-order valence-electron chi connectivity index (χ0n) is 8.42. The summed E-state index contributed by atoms with van der Waals surface area (Å²) in [5, 5.41) is 8.68. The third kappa shape index (κ3) is 4.29. The molecule has 0 atom stereocenters. The summed E-state index contributed by atoms with van der Waals surface area (Å²) in [5.41, 5.74) is -0.507. The van der Waals surface area contributed by atoms with Gasteiger partial charge in [-0.25, -0.2) is 9.18 Å². The molecule has 94 valence electrons. The van der Waals surface area contributed by atoms with Gasteiger partial charge in [-0.3, -0.25) is 0 Å². The van der Waals surface area contributed by atoms with E-state index in [0.717, 1.165) is 12.1 Å². The third-order valence-electron chi connectivity index (χ3n) is 1.82. The summed E-state index contributed by atoms with van der Waals surface area (Å²) in [5.74, 6) is -2.56. The number of carboxylic acids is 1. The van der Waals surface area contributed by atoms with Crippen LogP contribution in [0.5, 0.6) is 5.75 Å². The van der Waals surface area contributed by atoms with Crippen molar-refractivity contribution in [1.82, 2.24) is 0 Å². The normalized spacial score (nSPS) is 11.3. The molecule has 0 saturated heterocycles. The van der Waals surface area contributed by atoms with Crippen LogP contribution in [0.4, 0.5) is 17.6 Å². The Labute approximate surface area is 93.6 Å². The number of alkyl halides is 3. The molecule has 7 heteroatoms. The number of hydrogen-bond donors (Lipinski definition) is 1. The quantitative estimate of drug-likeness (QED) is 0.838. The number of ether oxygens (including phenoxy) is 1. The Kier molecular flexibility index (Phi) is 3.93. The van der Waals surface area contributed by atoms with Crippen LogP contribution in [0, 0.1) is 5.82 Å². The molecule has 1 aromatic carbocycles. The molecule has 0 radical (unpaired) electrons. The molecule has 1 aromatic rings. The van der Waals surface area contributed by atoms with E-state index in [1.807, 2.05) is 0 Å². The van der Waals surface area contributed by atoms with Gasteiger partial charge in [-0.2, -0.15) is 13.2 Å². The minimum Gasteiger partial charge on any atom is -0.492 e. The lowest BCUT2D eigenvalue weighted by molar-refractivity contribution is -0.139. The number of benzene rings is 1. The summed E-state index contributed by atoms with van der Waals surface area (Å²) in [6.45, 7) is -0.713. The Bertz CT molecular complexity index is 415. The number of carbonyl (C=O) groups is 1. The van der Waals surface area contributed by atoms with Crippen molar-refractivity contribution in [3.8, 4) is 5.75 Å². The molecule has 1 rings (SSSR count). The fourth-order valence-corrected chi connectivity index (χ4v) is 1.07. The van der Waals surface area contributed by atoms with Gasteiger partial charge in [0.15, 0.2) is 0 Å². The van der Waals surface area contributed by atoms with E-state index in [4.69, 9.17) is 5.11 Å². The van der Waals surface area contributed by atoms with E-state index in [-0.39, 0.29) is 5.75 Å². The van der Waals surface area contributed by atoms with Crippen molar-refractivity contribution in [1.29, 1.82) is 0 Å². The van der Waals surface area contributed by atoms with Gasteiger partial charge in [-0.05, 0) is 18.2 Å². The molecular formula is C10H8F4O3. The van der Waals surface area contributed by atoms with Crippen LogP contribution in [0.3, 0.4) is 0 Å². The van der Waals surface area contributed by atoms with Gasteiger partial charge in [0.25, 0.3) is 0 Å². The fraction of sp³-hybridized carbons (Fsp3) is 0.300. The van der Waals surface area contributed by atoms with E-state index in [2.05, 4.69) is 4.74 Å². The van der Waals surface area contributed by atoms with Gasteiger partial charge in [0.05, 0.1) is 13.0 Å². The molecular weight excluding hydrogens is 244 g/mol. The summed E-state index contributed by atoms with van der Waals surface area (Å²) in [4.78, 5) is 10.7. The van der Waals surface area contributed by atoms with Gasteiger partial charge in [0.2, 0.25) is 0 Å². The second kappa shape index (κ2) is 5.03. The van der Waals surface area contributed by atoms with Crippen molar-refractivity contribution in [3.63, 3.8) is 0 Å². The fourth-order valence-electron chi connectivity index (χ4n) is 1.07. The lowest BCUT2D eigenvalue weighted by Crippen LogP contribution is -2.14. The van der Waals surface area contributed by atoms with E-state index in [1.54, 1.807) is 0 Å². The van der Waals surface area contributed by atoms with Crippen molar-refractivity contribution in [2.75, 3.05) is 6.61 Å². The number of aromatic carboxylic acids is 1. The van der Waals surface area contributed by atoms with Crippen LogP contribution in [0.2, 0.25) is 0 Å². The highest BCUT2D eigenvalue weighted by Gasteiger charge is 2.27. The molecule has 0 aliphatic heterocycles. The van der Waals surface area contributed by atoms with Crippen LogP contribution < -0.4 is 4.74 Å². The minimum absolute atomic E-state index is 0.289. The molecule has 17 heavy (non-hydrogen) atoms. The second-order valence-electron chi connectivity index (χ2n) is 3.16. The largest absolute Gasteiger partial charge is 0.492 e. The maximum absolute atomic E-state index is 12.7. The summed E-state index contributed by atoms with van der Waals surface area (Å²) < 4.78 is 52.9. The Hall–Kier alpha value is -1.79. The first-order chi connectivity index (χ1) is 7.79. The molecule has 0 unspecified atom stereocenters. The predicted molar refractivity (Wildman–Crippen MR) is 49.5 cm³/mol. The maximum Gasteiger partial charge on any atom is 0.392 e. The second-order valence-corrected chi connectivity index (χ2v) is 3.16. The molecule has 0 heterocycles. The topological polar surface area (TPSA) is 46.5 Å². The number of rotatable bonds is 4. The van der Waals surface area contributed by atoms with E-state index in [9.17, 15) is 22.4 Å². The van der Waals surface area contributed by atoms with Gasteiger partial charge in [0.1, 0.15) is 17.1 Å². The average molecular weight is 252 g/mol. The Morgan fingerprint density at radius 2 is 2.00 bits per heavy atom. The van der Waals surface area contributed by atoms with Crippen LogP contribution in [0.1, 0.15) is 16.8 Å². The highest BCUT2D eigenvalue weighted by molar-refractivity contribution is 5.90. The van der Waals surface area contributed by atoms with Crippen LogP contribution in [-0.2, 0) is 0 Å². The molecule has 1 N–H and O–H groups in total. The summed E-state index contributed by atoms with van der Waals surface area (Å²) in [6.07, 6.45) is -5.59. The Balaban J connectivity index is 2.74. The van der Waals surface area contributed by atoms with E-state index in [1.165, 1.54) is 0 Å². The monoisotopic (exact) mass is 252 g/mol. The average Bonchev–Trinajstić information content (AvgIpc) is 2.18. The zero-order chi connectivity index (χ0) is 13.1. The molecule has 0 aliphatic carbocycles. The zero-order valence-corrected chi connectivity index (χ0v) is 8.42. The molecule has 0 saturated carbocycles. The highest BCUT2D eigenvalue weighted by atomic mass is 19.4. The van der Waals surface area contributed by atoms with E-state index >= 15 is 0 Å². The number of halogens is 4. The Morgan fingerprint density at radius 3 is 2.53 bits per heavy atom. The molecule has 0 amide bonds. The van der Waals surface area contributed by atoms with Crippen LogP contribution in [0.15, 0.2) is 18.2 Å². The third-order valence-corrected chi connectivity index (χ3v) is 1.82. The van der Waals surface area contributed by atoms with Crippen molar-refractivity contribution >= 4 is 5.97 Å². The van der Waals surface area contributed by atoms with Crippen LogP contribution >= 0.6 is 0 Å². The number of carboxylic acid groups (broad SMARTS) is 1. The van der Waals surface area contributed by atoms with E-state index < -0.39 is 36.6 Å². The van der Waals surface area contributed by atoms with Crippen LogP contribution in [-0.4, -0.2) is 23.9 Å². The number of hydrogen-bond acceptors (Lipinski definition) is 2. The summed E-state index contributed by atoms with van der Waals surface area (Å²) >= 11 is 0. The molecule has 0 aliphatic rings.